The van der Waals surface area contributed by atoms with Crippen LogP contribution in [0.15, 0.2) is 84.1 Å². The molecule has 3 atom stereocenters. The maximum atomic E-state index is 13.7. The molecule has 2 heterocycles. The second-order valence-corrected chi connectivity index (χ2v) is 13.8. The first-order valence-electron chi connectivity index (χ1n) is 16.2. The highest BCUT2D eigenvalue weighted by molar-refractivity contribution is 7.09. The van der Waals surface area contributed by atoms with Gasteiger partial charge in [-0.05, 0) is 56.1 Å². The Hall–Kier alpha value is -4.33. The molecule has 1 fully saturated rings. The van der Waals surface area contributed by atoms with E-state index in [9.17, 15) is 19.5 Å². The summed E-state index contributed by atoms with van der Waals surface area (Å²) in [5.74, 6) is -0.358. The van der Waals surface area contributed by atoms with Gasteiger partial charge in [0.1, 0.15) is 12.6 Å². The number of alkyl carbamates (subject to hydrolysis) is 1. The molecule has 0 unspecified atom stereocenters. The molecule has 0 aliphatic heterocycles. The average molecular weight is 691 g/mol. The minimum absolute atomic E-state index is 0.0818. The lowest BCUT2D eigenvalue weighted by atomic mass is 9.95. The van der Waals surface area contributed by atoms with Crippen LogP contribution in [0, 0.1) is 0 Å². The number of aliphatic hydroxyl groups excluding tert-OH is 1. The fourth-order valence-corrected chi connectivity index (χ4v) is 6.58. The topological polar surface area (TPSA) is 146 Å². The molecule has 4 amide bonds. The molecule has 1 saturated carbocycles. The van der Waals surface area contributed by atoms with Crippen LogP contribution >= 0.6 is 22.7 Å². The Morgan fingerprint density at radius 2 is 1.40 bits per heavy atom. The number of carbonyl (C=O) groups is 3. The Morgan fingerprint density at radius 1 is 0.812 bits per heavy atom. The van der Waals surface area contributed by atoms with Crippen LogP contribution in [0.1, 0.15) is 53.0 Å². The lowest BCUT2D eigenvalue weighted by Crippen LogP contribution is -2.54. The molecular weight excluding hydrogens is 649 g/mol. The van der Waals surface area contributed by atoms with Crippen LogP contribution in [0.2, 0.25) is 0 Å². The van der Waals surface area contributed by atoms with Crippen LogP contribution in [0.5, 0.6) is 0 Å². The van der Waals surface area contributed by atoms with Gasteiger partial charge >= 0.3 is 12.1 Å². The predicted octanol–water partition coefficient (Wildman–Crippen LogP) is 5.07. The number of hydrogen-bond donors (Lipinski definition) is 4. The second-order valence-electron chi connectivity index (χ2n) is 11.9. The predicted molar refractivity (Wildman–Crippen MR) is 185 cm³/mol. The number of benzene rings is 2. The molecule has 1 aliphatic carbocycles. The molecule has 0 saturated heterocycles. The van der Waals surface area contributed by atoms with Crippen LogP contribution in [0.4, 0.5) is 9.59 Å². The van der Waals surface area contributed by atoms with Gasteiger partial charge in [0, 0.05) is 42.0 Å². The Bertz CT molecular complexity index is 1540. The van der Waals surface area contributed by atoms with Crippen molar-refractivity contribution in [1.29, 1.82) is 0 Å². The molecule has 254 valence electrons. The number of urea groups is 1. The fourth-order valence-electron chi connectivity index (χ4n) is 5.48. The average Bonchev–Trinajstić information content (AvgIpc) is 3.54. The highest BCUT2D eigenvalue weighted by Crippen LogP contribution is 2.29. The molecule has 4 aromatic rings. The SMILES string of the molecule is O=C(N[C@H](CC[C@H](Cc1ccccc1)NC(=O)[C@H](CCO)NC(=O)N(Cc1cncs1)C1CC1)Cc1ccccc1)OCc1cncs1. The van der Waals surface area contributed by atoms with E-state index in [4.69, 9.17) is 4.74 Å². The molecule has 4 N–H and O–H groups in total. The second kappa shape index (κ2) is 18.3. The van der Waals surface area contributed by atoms with Gasteiger partial charge in [0.15, 0.2) is 0 Å². The Kier molecular flexibility index (Phi) is 13.3. The molecule has 5 rings (SSSR count). The van der Waals surface area contributed by atoms with Gasteiger partial charge in [-0.15, -0.1) is 22.7 Å². The van der Waals surface area contributed by atoms with Gasteiger partial charge in [0.2, 0.25) is 5.91 Å². The summed E-state index contributed by atoms with van der Waals surface area (Å²) < 4.78 is 5.47. The number of nitrogens with zero attached hydrogens (tertiary/aromatic N) is 3. The minimum Gasteiger partial charge on any atom is -0.444 e. The van der Waals surface area contributed by atoms with Gasteiger partial charge in [-0.25, -0.2) is 9.59 Å². The van der Waals surface area contributed by atoms with Crippen LogP contribution in [-0.2, 0) is 35.5 Å². The third-order valence-electron chi connectivity index (χ3n) is 8.10. The first-order valence-corrected chi connectivity index (χ1v) is 18.0. The molecule has 0 spiro atoms. The number of nitrogens with one attached hydrogen (secondary N) is 3. The lowest BCUT2D eigenvalue weighted by molar-refractivity contribution is -0.124. The first kappa shape index (κ1) is 35.0. The number of hydrogen-bond acceptors (Lipinski definition) is 9. The van der Waals surface area contributed by atoms with Gasteiger partial charge in [0.05, 0.1) is 22.4 Å². The zero-order chi connectivity index (χ0) is 33.6. The van der Waals surface area contributed by atoms with Crippen molar-refractivity contribution in [3.63, 3.8) is 0 Å². The van der Waals surface area contributed by atoms with Crippen molar-refractivity contribution in [3.8, 4) is 0 Å². The van der Waals surface area contributed by atoms with Crippen molar-refractivity contribution in [2.24, 2.45) is 0 Å². The molecule has 13 heteroatoms. The van der Waals surface area contributed by atoms with Crippen LogP contribution in [-0.4, -0.2) is 68.8 Å². The van der Waals surface area contributed by atoms with E-state index in [1.54, 1.807) is 28.3 Å². The molecule has 11 nitrogen and oxygen atoms in total. The van der Waals surface area contributed by atoms with Gasteiger partial charge in [-0.3, -0.25) is 14.8 Å². The molecule has 1 aliphatic rings. The van der Waals surface area contributed by atoms with Gasteiger partial charge in [-0.1, -0.05) is 60.7 Å². The highest BCUT2D eigenvalue weighted by Gasteiger charge is 2.35. The van der Waals surface area contributed by atoms with Crippen molar-refractivity contribution in [1.82, 2.24) is 30.8 Å². The van der Waals surface area contributed by atoms with Crippen molar-refractivity contribution in [2.45, 2.75) is 82.3 Å². The number of thiazole rings is 2. The third kappa shape index (κ3) is 11.4. The third-order valence-corrected chi connectivity index (χ3v) is 9.62. The Balaban J connectivity index is 1.25. The Morgan fingerprint density at radius 3 is 1.94 bits per heavy atom. The maximum Gasteiger partial charge on any atom is 0.407 e. The van der Waals surface area contributed by atoms with Gasteiger partial charge in [-0.2, -0.15) is 0 Å². The van der Waals surface area contributed by atoms with Gasteiger partial charge < -0.3 is 30.7 Å². The van der Waals surface area contributed by atoms with Crippen LogP contribution in [0.25, 0.3) is 0 Å². The maximum absolute atomic E-state index is 13.7. The Labute approximate surface area is 288 Å². The summed E-state index contributed by atoms with van der Waals surface area (Å²) >= 11 is 2.90. The zero-order valence-electron chi connectivity index (χ0n) is 26.7. The molecule has 0 bridgehead atoms. The lowest BCUT2D eigenvalue weighted by Gasteiger charge is -2.28. The molecule has 48 heavy (non-hydrogen) atoms. The standard InChI is InChI=1S/C35H42N6O5S2/c42-16-15-32(40-34(44)41(29-13-14-29)21-30-19-36-23-47-30)33(43)38-27(17-25-7-3-1-4-8-25)11-12-28(18-26-9-5-2-6-10-26)39-35(45)46-22-31-20-37-24-48-31/h1-10,19-20,23-24,27-29,32,42H,11-18,21-22H2,(H,38,43)(H,39,45)(H,40,44)/t27-,28-,32+/m1/s1. The number of aromatic nitrogens is 2. The van der Waals surface area contributed by atoms with E-state index in [0.717, 1.165) is 33.7 Å². The molecule has 2 aromatic heterocycles. The van der Waals surface area contributed by atoms with E-state index in [-0.39, 0.29) is 49.7 Å². The van der Waals surface area contributed by atoms with E-state index < -0.39 is 12.1 Å². The monoisotopic (exact) mass is 690 g/mol. The van der Waals surface area contributed by atoms with Crippen LogP contribution < -0.4 is 16.0 Å². The normalized spacial score (nSPS) is 14.4. The number of rotatable bonds is 18. The molecule has 0 radical (unpaired) electrons. The van der Waals surface area contributed by atoms with Crippen molar-refractivity contribution in [3.05, 3.63) is 105 Å². The number of aliphatic hydroxyl groups is 1. The summed E-state index contributed by atoms with van der Waals surface area (Å²) in [6, 6.07) is 18.1. The summed E-state index contributed by atoms with van der Waals surface area (Å²) in [6.45, 7) is 0.308. The number of ether oxygens (including phenoxy) is 1. The van der Waals surface area contributed by atoms with E-state index >= 15 is 0 Å². The van der Waals surface area contributed by atoms with Crippen molar-refractivity contribution >= 4 is 40.7 Å². The molecule has 2 aromatic carbocycles. The van der Waals surface area contributed by atoms with E-state index in [1.165, 1.54) is 22.7 Å². The summed E-state index contributed by atoms with van der Waals surface area (Å²) in [4.78, 5) is 51.7. The first-order chi connectivity index (χ1) is 23.5. The van der Waals surface area contributed by atoms with Crippen molar-refractivity contribution < 1.29 is 24.2 Å². The smallest absolute Gasteiger partial charge is 0.407 e. The van der Waals surface area contributed by atoms with E-state index in [1.807, 2.05) is 60.7 Å². The van der Waals surface area contributed by atoms with Gasteiger partial charge in [0.25, 0.3) is 0 Å². The van der Waals surface area contributed by atoms with Crippen LogP contribution in [0.3, 0.4) is 0 Å². The fraction of sp³-hybridized carbons (Fsp3) is 0.400. The summed E-state index contributed by atoms with van der Waals surface area (Å²) in [5, 5.41) is 18.9. The summed E-state index contributed by atoms with van der Waals surface area (Å²) in [7, 11) is 0. The summed E-state index contributed by atoms with van der Waals surface area (Å²) in [6.07, 6.45) is 7.07. The highest BCUT2D eigenvalue weighted by atomic mass is 32.1. The van der Waals surface area contributed by atoms with E-state index in [2.05, 4.69) is 25.9 Å². The number of carbonyl (C=O) groups excluding carboxylic acids is 3. The largest absolute Gasteiger partial charge is 0.444 e. The number of amides is 4. The van der Waals surface area contributed by atoms with Crippen molar-refractivity contribution in [2.75, 3.05) is 6.61 Å². The zero-order valence-corrected chi connectivity index (χ0v) is 28.3. The minimum atomic E-state index is -0.913. The molecular formula is C35H42N6O5S2. The quantitative estimate of drug-likeness (QED) is 0.114. The summed E-state index contributed by atoms with van der Waals surface area (Å²) in [5.41, 5.74) is 5.54. The van der Waals surface area contributed by atoms with E-state index in [0.29, 0.717) is 32.2 Å².